The lowest BCUT2D eigenvalue weighted by Gasteiger charge is -2.21. The molecule has 3 aromatic heterocycles. The number of anilines is 1. The number of nitrogens with one attached hydrogen (secondary N) is 1. The van der Waals surface area contributed by atoms with E-state index in [1.807, 2.05) is 57.2 Å². The Bertz CT molecular complexity index is 1250. The Morgan fingerprint density at radius 2 is 1.64 bits per heavy atom. The van der Waals surface area contributed by atoms with Crippen LogP contribution in [0.25, 0.3) is 33.6 Å². The van der Waals surface area contributed by atoms with Gasteiger partial charge < -0.3 is 10.4 Å². The maximum absolute atomic E-state index is 10.3. The second-order valence-electron chi connectivity index (χ2n) is 8.86. The van der Waals surface area contributed by atoms with Crippen LogP contribution in [0, 0.1) is 0 Å². The molecule has 0 radical (unpaired) electrons. The maximum Gasteiger partial charge on any atom is 0.161 e. The molecule has 2 N–H and O–H groups in total. The third kappa shape index (κ3) is 4.80. The molecule has 1 fully saturated rings. The molecule has 1 aliphatic rings. The summed E-state index contributed by atoms with van der Waals surface area (Å²) in [6.07, 6.45) is 14.0. The Morgan fingerprint density at radius 1 is 0.909 bits per heavy atom. The van der Waals surface area contributed by atoms with Crippen LogP contribution in [0.15, 0.2) is 55.2 Å². The van der Waals surface area contributed by atoms with Crippen molar-refractivity contribution in [1.29, 1.82) is 0 Å². The monoisotopic (exact) mass is 443 g/mol. The van der Waals surface area contributed by atoms with Gasteiger partial charge in [-0.3, -0.25) is 9.36 Å². The highest BCUT2D eigenvalue weighted by atomic mass is 16.3. The molecule has 2 atom stereocenters. The van der Waals surface area contributed by atoms with Gasteiger partial charge in [0.25, 0.3) is 0 Å². The lowest BCUT2D eigenvalue weighted by molar-refractivity contribution is 0.154. The molecule has 8 nitrogen and oxygen atoms in total. The van der Waals surface area contributed by atoms with E-state index in [1.54, 1.807) is 9.36 Å². The molecule has 0 spiro atoms. The summed E-state index contributed by atoms with van der Waals surface area (Å²) in [5, 5.41) is 22.5. The average molecular weight is 444 g/mol. The van der Waals surface area contributed by atoms with Crippen LogP contribution < -0.4 is 5.32 Å². The van der Waals surface area contributed by atoms with Gasteiger partial charge in [0.2, 0.25) is 0 Å². The molecule has 170 valence electrons. The van der Waals surface area contributed by atoms with E-state index < -0.39 is 0 Å². The smallest absolute Gasteiger partial charge is 0.161 e. The van der Waals surface area contributed by atoms with Crippen molar-refractivity contribution in [2.24, 2.45) is 14.1 Å². The lowest BCUT2D eigenvalue weighted by Crippen LogP contribution is -2.24. The van der Waals surface area contributed by atoms with Gasteiger partial charge in [-0.25, -0.2) is 9.97 Å². The van der Waals surface area contributed by atoms with Crippen molar-refractivity contribution >= 4 is 5.82 Å². The summed E-state index contributed by atoms with van der Waals surface area (Å²) < 4.78 is 3.57. The van der Waals surface area contributed by atoms with Gasteiger partial charge in [-0.05, 0) is 30.9 Å². The number of aliphatic hydroxyl groups excluding tert-OH is 1. The number of aromatic nitrogens is 6. The molecule has 5 rings (SSSR count). The van der Waals surface area contributed by atoms with Gasteiger partial charge in [0.05, 0.1) is 18.5 Å². The quantitative estimate of drug-likeness (QED) is 0.452. The standard InChI is InChI=1S/C25H29N7O/c1-31-15-19(12-27-31)17-6-5-7-18(10-17)24-26-14-23(20-13-28-32(2)16-20)25(30-24)29-21-8-3-4-9-22(33)11-21/h5-7,10,12-16,21-22,33H,3-4,8-9,11H2,1-2H3,(H,26,29,30)/t21-,22+/m1/s1. The predicted octanol–water partition coefficient (Wildman–Crippen LogP) is 4.05. The SMILES string of the molecule is Cn1cc(-c2cccc(-c3ncc(-c4cnn(C)c4)c(N[C@@H]4CCCC[C@H](O)C4)n3)c2)cn1. The minimum Gasteiger partial charge on any atom is -0.393 e. The Kier molecular flexibility index (Phi) is 5.92. The fourth-order valence-corrected chi connectivity index (χ4v) is 4.47. The third-order valence-electron chi connectivity index (χ3n) is 6.20. The highest BCUT2D eigenvalue weighted by molar-refractivity contribution is 5.76. The van der Waals surface area contributed by atoms with Gasteiger partial charge in [-0.1, -0.05) is 31.0 Å². The maximum atomic E-state index is 10.3. The van der Waals surface area contributed by atoms with E-state index in [4.69, 9.17) is 9.97 Å². The van der Waals surface area contributed by atoms with Gasteiger partial charge in [0, 0.05) is 61.0 Å². The third-order valence-corrected chi connectivity index (χ3v) is 6.20. The molecule has 1 aromatic carbocycles. The largest absolute Gasteiger partial charge is 0.393 e. The van der Waals surface area contributed by atoms with E-state index in [-0.39, 0.29) is 12.1 Å². The summed E-state index contributed by atoms with van der Waals surface area (Å²) in [5.74, 6) is 1.43. The Balaban J connectivity index is 1.52. The molecular formula is C25H29N7O. The summed E-state index contributed by atoms with van der Waals surface area (Å²) >= 11 is 0. The van der Waals surface area contributed by atoms with Gasteiger partial charge in [0.15, 0.2) is 5.82 Å². The van der Waals surface area contributed by atoms with E-state index in [2.05, 4.69) is 27.6 Å². The van der Waals surface area contributed by atoms with Crippen molar-refractivity contribution in [3.63, 3.8) is 0 Å². The zero-order valence-corrected chi connectivity index (χ0v) is 19.0. The Labute approximate surface area is 193 Å². The first-order valence-corrected chi connectivity index (χ1v) is 11.5. The fourth-order valence-electron chi connectivity index (χ4n) is 4.47. The topological polar surface area (TPSA) is 93.7 Å². The molecule has 0 aliphatic heterocycles. The number of nitrogens with zero attached hydrogens (tertiary/aromatic N) is 6. The Morgan fingerprint density at radius 3 is 2.39 bits per heavy atom. The van der Waals surface area contributed by atoms with Crippen LogP contribution in [0.1, 0.15) is 32.1 Å². The number of aliphatic hydroxyl groups is 1. The Hall–Kier alpha value is -3.52. The molecule has 3 heterocycles. The number of benzene rings is 1. The first-order chi connectivity index (χ1) is 16.0. The van der Waals surface area contributed by atoms with Crippen LogP contribution in [0.5, 0.6) is 0 Å². The molecule has 1 aliphatic carbocycles. The highest BCUT2D eigenvalue weighted by Crippen LogP contribution is 2.31. The summed E-state index contributed by atoms with van der Waals surface area (Å²) in [6.45, 7) is 0. The van der Waals surface area contributed by atoms with Crippen LogP contribution in [0.3, 0.4) is 0 Å². The van der Waals surface area contributed by atoms with Gasteiger partial charge in [-0.2, -0.15) is 10.2 Å². The predicted molar refractivity (Wildman–Crippen MR) is 128 cm³/mol. The highest BCUT2D eigenvalue weighted by Gasteiger charge is 2.21. The normalized spacial score (nSPS) is 18.8. The zero-order valence-electron chi connectivity index (χ0n) is 19.0. The number of hydrogen-bond donors (Lipinski definition) is 2. The number of rotatable bonds is 5. The summed E-state index contributed by atoms with van der Waals surface area (Å²) in [5.41, 5.74) is 4.94. The van der Waals surface area contributed by atoms with E-state index in [0.717, 1.165) is 65.7 Å². The van der Waals surface area contributed by atoms with Crippen LogP contribution in [-0.4, -0.2) is 46.8 Å². The summed E-state index contributed by atoms with van der Waals surface area (Å²) in [6, 6.07) is 8.37. The van der Waals surface area contributed by atoms with Crippen molar-refractivity contribution in [1.82, 2.24) is 29.5 Å². The molecule has 33 heavy (non-hydrogen) atoms. The van der Waals surface area contributed by atoms with Crippen molar-refractivity contribution < 1.29 is 5.11 Å². The lowest BCUT2D eigenvalue weighted by atomic mass is 10.0. The van der Waals surface area contributed by atoms with E-state index in [1.165, 1.54) is 0 Å². The fraction of sp³-hybridized carbons (Fsp3) is 0.360. The first-order valence-electron chi connectivity index (χ1n) is 11.5. The minimum absolute atomic E-state index is 0.169. The van der Waals surface area contributed by atoms with Crippen LogP contribution in [-0.2, 0) is 14.1 Å². The van der Waals surface area contributed by atoms with E-state index in [9.17, 15) is 5.11 Å². The first kappa shape index (κ1) is 21.3. The molecule has 4 aromatic rings. The van der Waals surface area contributed by atoms with Crippen molar-refractivity contribution in [2.45, 2.75) is 44.2 Å². The molecule has 0 bridgehead atoms. The zero-order chi connectivity index (χ0) is 22.8. The van der Waals surface area contributed by atoms with Crippen molar-refractivity contribution in [3.8, 4) is 33.6 Å². The molecule has 1 saturated carbocycles. The van der Waals surface area contributed by atoms with Crippen LogP contribution in [0.2, 0.25) is 0 Å². The summed E-state index contributed by atoms with van der Waals surface area (Å²) in [7, 11) is 3.81. The van der Waals surface area contributed by atoms with Gasteiger partial charge in [-0.15, -0.1) is 0 Å². The summed E-state index contributed by atoms with van der Waals surface area (Å²) in [4.78, 5) is 9.66. The van der Waals surface area contributed by atoms with Gasteiger partial charge >= 0.3 is 0 Å². The molecule has 0 unspecified atom stereocenters. The average Bonchev–Trinajstić information content (AvgIpc) is 3.39. The van der Waals surface area contributed by atoms with E-state index >= 15 is 0 Å². The van der Waals surface area contributed by atoms with Crippen LogP contribution in [0.4, 0.5) is 5.82 Å². The minimum atomic E-state index is -0.274. The van der Waals surface area contributed by atoms with Crippen molar-refractivity contribution in [2.75, 3.05) is 5.32 Å². The number of aryl methyl sites for hydroxylation is 2. The van der Waals surface area contributed by atoms with Crippen LogP contribution >= 0.6 is 0 Å². The molecule has 0 amide bonds. The molecule has 8 heteroatoms. The molecule has 0 saturated heterocycles. The second kappa shape index (κ2) is 9.15. The second-order valence-corrected chi connectivity index (χ2v) is 8.86. The van der Waals surface area contributed by atoms with Crippen molar-refractivity contribution in [3.05, 3.63) is 55.2 Å². The molecular weight excluding hydrogens is 414 g/mol. The van der Waals surface area contributed by atoms with E-state index in [0.29, 0.717) is 5.82 Å². The van der Waals surface area contributed by atoms with Gasteiger partial charge in [0.1, 0.15) is 5.82 Å². The number of hydrogen-bond acceptors (Lipinski definition) is 6.